The van der Waals surface area contributed by atoms with Gasteiger partial charge in [-0.1, -0.05) is 5.09 Å². The van der Waals surface area contributed by atoms with E-state index < -0.39 is 62.6 Å². The molecule has 1 aliphatic carbocycles. The second-order valence-corrected chi connectivity index (χ2v) is 9.05. The number of esters is 1. The Morgan fingerprint density at radius 3 is 2.41 bits per heavy atom. The quantitative estimate of drug-likeness (QED) is 0.0870. The maximum absolute atomic E-state index is 12.9. The molecule has 0 spiro atoms. The second kappa shape index (κ2) is 14.1. The van der Waals surface area contributed by atoms with Crippen LogP contribution >= 0.6 is 8.18 Å². The molecule has 0 saturated heterocycles. The molecule has 0 bridgehead atoms. The monoisotopic (exact) mass is 551 g/mol. The van der Waals surface area contributed by atoms with Gasteiger partial charge in [0.2, 0.25) is 0 Å². The Morgan fingerprint density at radius 2 is 1.89 bits per heavy atom. The van der Waals surface area contributed by atoms with Crippen LogP contribution in [0.5, 0.6) is 0 Å². The van der Waals surface area contributed by atoms with Crippen LogP contribution in [-0.2, 0) is 23.4 Å². The summed E-state index contributed by atoms with van der Waals surface area (Å²) < 4.78 is 66.1. The van der Waals surface area contributed by atoms with Crippen LogP contribution in [0.15, 0.2) is 62.9 Å². The highest BCUT2D eigenvalue weighted by Gasteiger charge is 2.38. The van der Waals surface area contributed by atoms with Gasteiger partial charge < -0.3 is 24.8 Å². The number of aliphatic hydroxyl groups excluding tert-OH is 3. The van der Waals surface area contributed by atoms with E-state index in [4.69, 9.17) is 9.26 Å². The number of hydrogen-bond acceptors (Lipinski definition) is 9. The highest BCUT2D eigenvalue weighted by Crippen LogP contribution is 2.36. The lowest BCUT2D eigenvalue weighted by Crippen LogP contribution is -2.33. The number of allylic oxidation sites excluding steroid dienone is 4. The first kappa shape index (κ1) is 32.0. The van der Waals surface area contributed by atoms with E-state index in [9.17, 15) is 37.9 Å². The third-order valence-corrected chi connectivity index (χ3v) is 5.84. The average molecular weight is 551 g/mol. The van der Waals surface area contributed by atoms with E-state index in [0.717, 1.165) is 18.2 Å². The van der Waals surface area contributed by atoms with Crippen LogP contribution in [0.1, 0.15) is 41.0 Å². The predicted octanol–water partition coefficient (Wildman–Crippen LogP) is 4.95. The lowest BCUT2D eigenvalue weighted by atomic mass is 9.95. The van der Waals surface area contributed by atoms with Crippen molar-refractivity contribution in [2.24, 2.45) is 4.99 Å². The first-order chi connectivity index (χ1) is 17.1. The molecule has 4 N–H and O–H groups in total. The predicted molar refractivity (Wildman–Crippen MR) is 130 cm³/mol. The number of aliphatic hydroxyl groups is 3. The maximum Gasteiger partial charge on any atom is 0.614 e. The molecular formula is C23H31F3N2O8P+. The number of nitrogens with zero attached hydrogens (tertiary/aromatic N) is 1. The SMILES string of the molecule is C=N/C(C)=C(O)\C(CO)=C(/C)C(O[P+](=O)N[C@@H](C)C(=O)OC(C)C)C1=CC(OC(F)(F)F)=CCC=C1O. The summed E-state index contributed by atoms with van der Waals surface area (Å²) in [5.41, 5.74) is -0.530. The summed E-state index contributed by atoms with van der Waals surface area (Å²) in [4.78, 5) is 15.7. The molecule has 1 aliphatic rings. The standard InChI is InChI=1S/C23H30F3N2O8P/c1-12(2)34-22(32)15(5)28-37(33)36-21(13(3)18(11-29)20(31)14(4)27-6)17-10-16(35-23(24,25)26)8-7-9-19(17)30/h8-10,12,15,21,29H,6-7,11H2,1-5H3,(H2-,28,30,31,33)/p+1/b18-13+,20-14+/t15-,21?/m0/s1. The van der Waals surface area contributed by atoms with Gasteiger partial charge in [0.15, 0.2) is 6.10 Å². The minimum atomic E-state index is -5.04. The first-order valence-electron chi connectivity index (χ1n) is 11.0. The molecule has 0 heterocycles. The summed E-state index contributed by atoms with van der Waals surface area (Å²) >= 11 is 0. The fourth-order valence-electron chi connectivity index (χ4n) is 2.98. The summed E-state index contributed by atoms with van der Waals surface area (Å²) in [6.07, 6.45) is -4.20. The number of alkyl halides is 3. The van der Waals surface area contributed by atoms with E-state index in [1.165, 1.54) is 20.8 Å². The van der Waals surface area contributed by atoms with E-state index in [1.54, 1.807) is 13.8 Å². The lowest BCUT2D eigenvalue weighted by Gasteiger charge is -2.20. The van der Waals surface area contributed by atoms with Crippen molar-refractivity contribution in [2.75, 3.05) is 6.61 Å². The molecule has 0 radical (unpaired) electrons. The van der Waals surface area contributed by atoms with Crippen LogP contribution in [0, 0.1) is 0 Å². The van der Waals surface area contributed by atoms with Crippen molar-refractivity contribution in [3.63, 3.8) is 0 Å². The van der Waals surface area contributed by atoms with E-state index in [2.05, 4.69) is 21.5 Å². The number of halogens is 3. The number of carbonyl (C=O) groups is 1. The third-order valence-electron chi connectivity index (χ3n) is 4.84. The Hall–Kier alpha value is -2.99. The fraction of sp³-hybridized carbons (Fsp3) is 0.478. The van der Waals surface area contributed by atoms with Gasteiger partial charge in [0.1, 0.15) is 23.3 Å². The topological polar surface area (TPSA) is 147 Å². The molecule has 3 atom stereocenters. The third kappa shape index (κ3) is 10.1. The van der Waals surface area contributed by atoms with E-state index in [-0.39, 0.29) is 28.8 Å². The van der Waals surface area contributed by atoms with E-state index in [1.807, 2.05) is 0 Å². The lowest BCUT2D eigenvalue weighted by molar-refractivity contribution is -0.303. The van der Waals surface area contributed by atoms with Gasteiger partial charge in [-0.05, 0) is 76.1 Å². The Bertz CT molecular complexity index is 1050. The number of nitrogens with one attached hydrogen (secondary N) is 1. The summed E-state index contributed by atoms with van der Waals surface area (Å²) in [5.74, 6) is -2.47. The van der Waals surface area contributed by atoms with Crippen LogP contribution in [0.25, 0.3) is 0 Å². The van der Waals surface area contributed by atoms with Crippen molar-refractivity contribution in [3.05, 3.63) is 57.9 Å². The fourth-order valence-corrected chi connectivity index (χ4v) is 3.93. The van der Waals surface area contributed by atoms with Gasteiger partial charge in [0, 0.05) is 11.1 Å². The molecule has 0 aromatic carbocycles. The Labute approximate surface area is 213 Å². The van der Waals surface area contributed by atoms with Crippen molar-refractivity contribution in [3.8, 4) is 0 Å². The van der Waals surface area contributed by atoms with Gasteiger partial charge >= 0.3 is 20.5 Å². The van der Waals surface area contributed by atoms with E-state index >= 15 is 0 Å². The molecule has 2 unspecified atom stereocenters. The minimum Gasteiger partial charge on any atom is -0.508 e. The van der Waals surface area contributed by atoms with Gasteiger partial charge in [-0.2, -0.15) is 0 Å². The summed E-state index contributed by atoms with van der Waals surface area (Å²) in [7, 11) is -2.92. The highest BCUT2D eigenvalue weighted by atomic mass is 31.1. The molecule has 0 aliphatic heterocycles. The van der Waals surface area contributed by atoms with Crippen LogP contribution in [-0.4, -0.2) is 59.2 Å². The molecule has 0 saturated carbocycles. The summed E-state index contributed by atoms with van der Waals surface area (Å²) in [5, 5.41) is 33.4. The number of carbonyl (C=O) groups excluding carboxylic acids is 1. The van der Waals surface area contributed by atoms with Crippen LogP contribution < -0.4 is 5.09 Å². The minimum absolute atomic E-state index is 0.00492. The van der Waals surface area contributed by atoms with Crippen molar-refractivity contribution < 1.29 is 51.8 Å². The van der Waals surface area contributed by atoms with Crippen molar-refractivity contribution in [2.45, 2.75) is 65.7 Å². The molecule has 0 fully saturated rings. The van der Waals surface area contributed by atoms with Crippen LogP contribution in [0.4, 0.5) is 13.2 Å². The number of hydrogen-bond donors (Lipinski definition) is 4. The van der Waals surface area contributed by atoms with Gasteiger partial charge in [-0.3, -0.25) is 9.79 Å². The summed E-state index contributed by atoms with van der Waals surface area (Å²) in [6, 6.07) is -1.11. The van der Waals surface area contributed by atoms with Crippen molar-refractivity contribution in [1.29, 1.82) is 0 Å². The zero-order chi connectivity index (χ0) is 28.5. The molecule has 37 heavy (non-hydrogen) atoms. The summed E-state index contributed by atoms with van der Waals surface area (Å²) in [6.45, 7) is 9.79. The average Bonchev–Trinajstić information content (AvgIpc) is 2.96. The van der Waals surface area contributed by atoms with Crippen LogP contribution in [0.3, 0.4) is 0 Å². The molecule has 206 valence electrons. The second-order valence-electron chi connectivity index (χ2n) is 8.07. The number of aliphatic imine (C=N–C) groups is 1. The molecule has 0 amide bonds. The highest BCUT2D eigenvalue weighted by molar-refractivity contribution is 7.36. The molecule has 0 aromatic rings. The Balaban J connectivity index is 3.60. The molecule has 14 heteroatoms. The molecule has 0 aromatic heterocycles. The van der Waals surface area contributed by atoms with Gasteiger partial charge in [0.05, 0.1) is 18.4 Å². The zero-order valence-electron chi connectivity index (χ0n) is 21.0. The van der Waals surface area contributed by atoms with Crippen molar-refractivity contribution >= 4 is 20.9 Å². The largest absolute Gasteiger partial charge is 0.614 e. The zero-order valence-corrected chi connectivity index (χ0v) is 21.9. The first-order valence-corrected chi connectivity index (χ1v) is 12.1. The van der Waals surface area contributed by atoms with Gasteiger partial charge in [-0.25, -0.2) is 0 Å². The van der Waals surface area contributed by atoms with Gasteiger partial charge in [-0.15, -0.1) is 17.7 Å². The molecule has 10 nitrogen and oxygen atoms in total. The number of ether oxygens (including phenoxy) is 2. The number of rotatable bonds is 12. The van der Waals surface area contributed by atoms with E-state index in [0.29, 0.717) is 0 Å². The molecule has 1 rings (SSSR count). The van der Waals surface area contributed by atoms with Gasteiger partial charge in [0.25, 0.3) is 0 Å². The normalized spacial score (nSPS) is 17.8. The molecular weight excluding hydrogens is 520 g/mol. The maximum atomic E-state index is 12.9. The Kier molecular flexibility index (Phi) is 12.2. The van der Waals surface area contributed by atoms with Crippen molar-refractivity contribution in [1.82, 2.24) is 5.09 Å². The smallest absolute Gasteiger partial charge is 0.508 e. The van der Waals surface area contributed by atoms with Crippen LogP contribution in [0.2, 0.25) is 0 Å². The Morgan fingerprint density at radius 1 is 1.27 bits per heavy atom.